The molecule has 1 aliphatic heterocycles. The van der Waals surface area contributed by atoms with Crippen LogP contribution in [-0.4, -0.2) is 35.5 Å². The molecule has 1 aromatic rings. The van der Waals surface area contributed by atoms with E-state index in [0.29, 0.717) is 11.2 Å². The molecule has 100 valence electrons. The molecule has 0 saturated carbocycles. The zero-order valence-electron chi connectivity index (χ0n) is 11.7. The molecule has 0 aromatic carbocycles. The third-order valence-corrected chi connectivity index (χ3v) is 3.52. The summed E-state index contributed by atoms with van der Waals surface area (Å²) in [5.41, 5.74) is 0.937. The van der Waals surface area contributed by atoms with Crippen LogP contribution in [0, 0.1) is 0 Å². The van der Waals surface area contributed by atoms with Crippen molar-refractivity contribution in [2.45, 2.75) is 38.6 Å². The summed E-state index contributed by atoms with van der Waals surface area (Å²) in [6.07, 6.45) is 1.03. The molecule has 0 radical (unpaired) electrons. The van der Waals surface area contributed by atoms with Crippen molar-refractivity contribution in [1.29, 1.82) is 0 Å². The Labute approximate surface area is 114 Å². The Morgan fingerprint density at radius 3 is 2.50 bits per heavy atom. The van der Waals surface area contributed by atoms with Gasteiger partial charge in [0.2, 0.25) is 0 Å². The maximum atomic E-state index is 6.37. The Morgan fingerprint density at radius 2 is 1.94 bits per heavy atom. The minimum absolute atomic E-state index is 0.0919. The van der Waals surface area contributed by atoms with Crippen molar-refractivity contribution in [3.05, 3.63) is 16.5 Å². The summed E-state index contributed by atoms with van der Waals surface area (Å²) < 4.78 is 0. The zero-order chi connectivity index (χ0) is 13.5. The smallest absolute Gasteiger partial charge is 0.139 e. The summed E-state index contributed by atoms with van der Waals surface area (Å²) in [5, 5.41) is 3.92. The third kappa shape index (κ3) is 2.45. The van der Waals surface area contributed by atoms with Crippen molar-refractivity contribution in [1.82, 2.24) is 14.9 Å². The second-order valence-corrected chi connectivity index (χ2v) is 6.40. The topological polar surface area (TPSA) is 41.0 Å². The Morgan fingerprint density at radius 1 is 1.28 bits per heavy atom. The molecule has 4 nitrogen and oxygen atoms in total. The van der Waals surface area contributed by atoms with Gasteiger partial charge in [-0.3, -0.25) is 0 Å². The van der Waals surface area contributed by atoms with E-state index >= 15 is 0 Å². The summed E-state index contributed by atoms with van der Waals surface area (Å²) in [5.74, 6) is 1.68. The first-order valence-corrected chi connectivity index (χ1v) is 6.66. The van der Waals surface area contributed by atoms with Gasteiger partial charge in [-0.05, 0) is 20.5 Å². The predicted molar refractivity (Wildman–Crippen MR) is 75.3 cm³/mol. The summed E-state index contributed by atoms with van der Waals surface area (Å²) in [4.78, 5) is 11.3. The lowest BCUT2D eigenvalue weighted by Crippen LogP contribution is -2.30. The number of hydrogen-bond acceptors (Lipinski definition) is 4. The predicted octanol–water partition coefficient (Wildman–Crippen LogP) is 2.85. The van der Waals surface area contributed by atoms with Crippen molar-refractivity contribution in [2.24, 2.45) is 0 Å². The van der Waals surface area contributed by atoms with E-state index in [4.69, 9.17) is 11.6 Å². The molecule has 2 heterocycles. The van der Waals surface area contributed by atoms with Gasteiger partial charge in [0.1, 0.15) is 16.8 Å². The zero-order valence-corrected chi connectivity index (χ0v) is 12.5. The summed E-state index contributed by atoms with van der Waals surface area (Å²) in [7, 11) is 4.13. The normalized spacial score (nSPS) is 19.6. The van der Waals surface area contributed by atoms with E-state index < -0.39 is 0 Å². The molecule has 1 N–H and O–H groups in total. The number of anilines is 1. The molecule has 0 spiro atoms. The Balaban J connectivity index is 2.52. The van der Waals surface area contributed by atoms with Gasteiger partial charge < -0.3 is 10.2 Å². The number of aromatic nitrogens is 2. The van der Waals surface area contributed by atoms with Crippen LogP contribution < -0.4 is 5.32 Å². The Bertz CT molecular complexity index is 451. The summed E-state index contributed by atoms with van der Waals surface area (Å²) >= 11 is 6.37. The summed E-state index contributed by atoms with van der Waals surface area (Å²) in [6, 6.07) is 0.294. The average molecular weight is 269 g/mol. The van der Waals surface area contributed by atoms with Crippen LogP contribution in [0.4, 0.5) is 5.82 Å². The van der Waals surface area contributed by atoms with Crippen LogP contribution in [-0.2, 0) is 5.41 Å². The van der Waals surface area contributed by atoms with Crippen LogP contribution >= 0.6 is 11.6 Å². The highest BCUT2D eigenvalue weighted by Gasteiger charge is 2.29. The number of rotatable bonds is 1. The molecule has 0 bridgehead atoms. The quantitative estimate of drug-likeness (QED) is 0.796. The van der Waals surface area contributed by atoms with Gasteiger partial charge in [0.05, 0.1) is 0 Å². The van der Waals surface area contributed by atoms with Crippen molar-refractivity contribution < 1.29 is 0 Å². The lowest BCUT2D eigenvalue weighted by molar-refractivity contribution is 0.283. The number of nitrogens with zero attached hydrogens (tertiary/aromatic N) is 3. The van der Waals surface area contributed by atoms with Crippen LogP contribution in [0.5, 0.6) is 0 Å². The second kappa shape index (κ2) is 4.67. The van der Waals surface area contributed by atoms with E-state index in [1.54, 1.807) is 0 Å². The first kappa shape index (κ1) is 13.6. The standard InChI is InChI=1S/C13H21ClN4/c1-13(2,3)12-16-10(14)9-8(18(4)5)6-7-15-11(9)17-12/h8H,6-7H2,1-5H3,(H,15,16,17). The minimum Gasteiger partial charge on any atom is -0.370 e. The highest BCUT2D eigenvalue weighted by molar-refractivity contribution is 6.30. The van der Waals surface area contributed by atoms with Gasteiger partial charge in [0, 0.05) is 23.6 Å². The van der Waals surface area contributed by atoms with Crippen molar-refractivity contribution in [3.63, 3.8) is 0 Å². The highest BCUT2D eigenvalue weighted by atomic mass is 35.5. The van der Waals surface area contributed by atoms with E-state index in [1.165, 1.54) is 0 Å². The maximum Gasteiger partial charge on any atom is 0.139 e. The van der Waals surface area contributed by atoms with Gasteiger partial charge in [-0.25, -0.2) is 9.97 Å². The monoisotopic (exact) mass is 268 g/mol. The number of hydrogen-bond donors (Lipinski definition) is 1. The Hall–Kier alpha value is -0.870. The first-order valence-electron chi connectivity index (χ1n) is 6.29. The first-order chi connectivity index (χ1) is 8.30. The molecule has 1 aromatic heterocycles. The fourth-order valence-corrected chi connectivity index (χ4v) is 2.49. The Kier molecular flexibility index (Phi) is 3.52. The van der Waals surface area contributed by atoms with E-state index in [9.17, 15) is 0 Å². The van der Waals surface area contributed by atoms with Crippen LogP contribution in [0.1, 0.15) is 44.6 Å². The van der Waals surface area contributed by atoms with Gasteiger partial charge in [-0.1, -0.05) is 32.4 Å². The molecule has 1 unspecified atom stereocenters. The summed E-state index contributed by atoms with van der Waals surface area (Å²) in [6.45, 7) is 7.21. The van der Waals surface area contributed by atoms with Crippen molar-refractivity contribution in [3.8, 4) is 0 Å². The molecule has 2 rings (SSSR count). The number of halogens is 1. The van der Waals surface area contributed by atoms with Crippen LogP contribution in [0.2, 0.25) is 5.15 Å². The van der Waals surface area contributed by atoms with Crippen LogP contribution in [0.25, 0.3) is 0 Å². The molecule has 0 amide bonds. The van der Waals surface area contributed by atoms with E-state index in [-0.39, 0.29) is 5.41 Å². The van der Waals surface area contributed by atoms with Crippen molar-refractivity contribution >= 4 is 17.4 Å². The lowest BCUT2D eigenvalue weighted by atomic mass is 9.94. The third-order valence-electron chi connectivity index (χ3n) is 3.24. The van der Waals surface area contributed by atoms with E-state index in [2.05, 4.69) is 55.1 Å². The molecule has 1 aliphatic rings. The van der Waals surface area contributed by atoms with Crippen LogP contribution in [0.15, 0.2) is 0 Å². The molecule has 5 heteroatoms. The fraction of sp³-hybridized carbons (Fsp3) is 0.692. The molecule has 1 atom stereocenters. The van der Waals surface area contributed by atoms with Crippen LogP contribution in [0.3, 0.4) is 0 Å². The molecule has 0 saturated heterocycles. The van der Waals surface area contributed by atoms with Gasteiger partial charge in [-0.2, -0.15) is 0 Å². The van der Waals surface area contributed by atoms with E-state index in [1.807, 2.05) is 0 Å². The highest BCUT2D eigenvalue weighted by Crippen LogP contribution is 2.37. The molecule has 0 aliphatic carbocycles. The average Bonchev–Trinajstić information content (AvgIpc) is 2.26. The lowest BCUT2D eigenvalue weighted by Gasteiger charge is -2.32. The second-order valence-electron chi connectivity index (χ2n) is 6.05. The number of nitrogens with one attached hydrogen (secondary N) is 1. The minimum atomic E-state index is -0.0919. The maximum absolute atomic E-state index is 6.37. The largest absolute Gasteiger partial charge is 0.370 e. The molecular formula is C13H21ClN4. The SMILES string of the molecule is CN(C)C1CCNc2nc(C(C)(C)C)nc(Cl)c21. The van der Waals surface area contributed by atoms with Gasteiger partial charge in [0.15, 0.2) is 0 Å². The molecule has 18 heavy (non-hydrogen) atoms. The fourth-order valence-electron chi connectivity index (χ4n) is 2.20. The molecule has 0 fully saturated rings. The van der Waals surface area contributed by atoms with Gasteiger partial charge in [-0.15, -0.1) is 0 Å². The van der Waals surface area contributed by atoms with Crippen molar-refractivity contribution in [2.75, 3.05) is 26.0 Å². The molecular weight excluding hydrogens is 248 g/mol. The number of fused-ring (bicyclic) bond motifs is 1. The van der Waals surface area contributed by atoms with E-state index in [0.717, 1.165) is 30.2 Å². The van der Waals surface area contributed by atoms with Gasteiger partial charge >= 0.3 is 0 Å². The van der Waals surface area contributed by atoms with Gasteiger partial charge in [0.25, 0.3) is 0 Å².